The normalized spacial score (nSPS) is 15.2. The molecule has 30 heavy (non-hydrogen) atoms. The largest absolute Gasteiger partial charge is 0.453 e. The Hall–Kier alpha value is -2.51. The molecule has 2 N–H and O–H groups in total. The first-order valence-corrected chi connectivity index (χ1v) is 11.3. The molecule has 1 aliphatic rings. The number of ether oxygens (including phenoxy) is 1. The molecule has 0 aliphatic carbocycles. The molecule has 0 radical (unpaired) electrons. The highest BCUT2D eigenvalue weighted by molar-refractivity contribution is 7.99. The van der Waals surface area contributed by atoms with Crippen molar-refractivity contribution in [1.29, 1.82) is 0 Å². The summed E-state index contributed by atoms with van der Waals surface area (Å²) >= 11 is 1.59. The number of hydrogen-bond donors (Lipinski definition) is 2. The lowest BCUT2D eigenvalue weighted by Crippen LogP contribution is -2.29. The quantitative estimate of drug-likeness (QED) is 0.239. The van der Waals surface area contributed by atoms with Gasteiger partial charge in [-0.25, -0.2) is 4.98 Å². The van der Waals surface area contributed by atoms with E-state index in [0.29, 0.717) is 30.6 Å². The number of nitrogens with one attached hydrogen (secondary N) is 2. The summed E-state index contributed by atoms with van der Waals surface area (Å²) in [6.45, 7) is 2.88. The van der Waals surface area contributed by atoms with Crippen LogP contribution in [0.15, 0.2) is 59.8 Å². The summed E-state index contributed by atoms with van der Waals surface area (Å²) in [5.74, 6) is 3.47. The SMILES string of the molecule is CN1CCC(/C=C/NCNc2ncc(SCCC=O)cc2Oc2ccccc2)CC1. The summed E-state index contributed by atoms with van der Waals surface area (Å²) in [4.78, 5) is 18.5. The number of aromatic nitrogens is 1. The first kappa shape index (κ1) is 22.2. The Balaban J connectivity index is 1.57. The third kappa shape index (κ3) is 7.39. The standard InChI is InChI=1S/C23H30N4O2S/c1-27-12-9-19(10-13-27)8-11-24-18-26-23-22(29-20-6-3-2-4-7-20)16-21(17-25-23)30-15-5-14-28/h2-4,6-8,11,14,16-17,19,24H,5,9-10,12-13,15,18H2,1H3,(H,25,26)/b11-8+. The fourth-order valence-corrected chi connectivity index (χ4v) is 3.94. The summed E-state index contributed by atoms with van der Waals surface area (Å²) in [6.07, 6.45) is 9.98. The van der Waals surface area contributed by atoms with Crippen molar-refractivity contribution in [2.75, 3.05) is 37.9 Å². The number of likely N-dealkylation sites (tertiary alicyclic amines) is 1. The van der Waals surface area contributed by atoms with Gasteiger partial charge in [0.25, 0.3) is 0 Å². The van der Waals surface area contributed by atoms with Gasteiger partial charge in [-0.2, -0.15) is 0 Å². The Labute approximate surface area is 183 Å². The van der Waals surface area contributed by atoms with Gasteiger partial charge in [0, 0.05) is 23.3 Å². The molecule has 1 saturated heterocycles. The zero-order valence-electron chi connectivity index (χ0n) is 17.4. The predicted molar refractivity (Wildman–Crippen MR) is 123 cm³/mol. The second-order valence-corrected chi connectivity index (χ2v) is 8.46. The van der Waals surface area contributed by atoms with Crippen LogP contribution in [0, 0.1) is 5.92 Å². The number of hydrogen-bond acceptors (Lipinski definition) is 7. The summed E-state index contributed by atoms with van der Waals surface area (Å²) < 4.78 is 6.06. The Morgan fingerprint density at radius 2 is 2.07 bits per heavy atom. The molecule has 1 aliphatic heterocycles. The molecular formula is C23H30N4O2S. The van der Waals surface area contributed by atoms with Crippen LogP contribution in [0.4, 0.5) is 5.82 Å². The van der Waals surface area contributed by atoms with Crippen molar-refractivity contribution in [3.63, 3.8) is 0 Å². The van der Waals surface area contributed by atoms with Crippen molar-refractivity contribution < 1.29 is 9.53 Å². The van der Waals surface area contributed by atoms with Crippen molar-refractivity contribution >= 4 is 23.9 Å². The van der Waals surface area contributed by atoms with Crippen LogP contribution in [0.1, 0.15) is 19.3 Å². The first-order valence-electron chi connectivity index (χ1n) is 10.4. The number of allylic oxidation sites excluding steroid dienone is 1. The third-order valence-corrected chi connectivity index (χ3v) is 5.91. The highest BCUT2D eigenvalue weighted by Crippen LogP contribution is 2.32. The molecule has 6 nitrogen and oxygen atoms in total. The number of carbonyl (C=O) groups is 1. The van der Waals surface area contributed by atoms with Gasteiger partial charge in [0.2, 0.25) is 0 Å². The van der Waals surface area contributed by atoms with E-state index in [0.717, 1.165) is 35.8 Å². The average molecular weight is 427 g/mol. The van der Waals surface area contributed by atoms with Crippen LogP contribution in [0.25, 0.3) is 0 Å². The van der Waals surface area contributed by atoms with Crippen molar-refractivity contribution in [2.45, 2.75) is 24.2 Å². The minimum Gasteiger partial charge on any atom is -0.453 e. The summed E-state index contributed by atoms with van der Waals surface area (Å²) in [5, 5.41) is 6.60. The average Bonchev–Trinajstić information content (AvgIpc) is 2.77. The van der Waals surface area contributed by atoms with Gasteiger partial charge in [-0.05, 0) is 63.3 Å². The Morgan fingerprint density at radius 3 is 2.83 bits per heavy atom. The molecule has 0 spiro atoms. The molecule has 0 bridgehead atoms. The number of thioether (sulfide) groups is 1. The van der Waals surface area contributed by atoms with Crippen LogP contribution in [0.5, 0.6) is 11.5 Å². The molecule has 2 heterocycles. The Kier molecular flexibility index (Phi) is 9.05. The van der Waals surface area contributed by atoms with E-state index in [1.807, 2.05) is 48.8 Å². The molecular weight excluding hydrogens is 396 g/mol. The van der Waals surface area contributed by atoms with Gasteiger partial charge in [-0.15, -0.1) is 11.8 Å². The van der Waals surface area contributed by atoms with Crippen molar-refractivity contribution in [3.8, 4) is 11.5 Å². The summed E-state index contributed by atoms with van der Waals surface area (Å²) in [6, 6.07) is 11.6. The van der Waals surface area contributed by atoms with Crippen molar-refractivity contribution in [1.82, 2.24) is 15.2 Å². The molecule has 1 aromatic carbocycles. The van der Waals surface area contributed by atoms with E-state index < -0.39 is 0 Å². The summed E-state index contributed by atoms with van der Waals surface area (Å²) in [5.41, 5.74) is 0. The van der Waals surface area contributed by atoms with Gasteiger partial charge in [0.05, 0.1) is 6.67 Å². The zero-order chi connectivity index (χ0) is 21.0. The zero-order valence-corrected chi connectivity index (χ0v) is 18.2. The van der Waals surface area contributed by atoms with E-state index in [-0.39, 0.29) is 0 Å². The topological polar surface area (TPSA) is 66.5 Å². The van der Waals surface area contributed by atoms with Crippen LogP contribution < -0.4 is 15.4 Å². The number of benzene rings is 1. The monoisotopic (exact) mass is 426 g/mol. The lowest BCUT2D eigenvalue weighted by Gasteiger charge is -2.26. The molecule has 3 rings (SSSR count). The van der Waals surface area contributed by atoms with Gasteiger partial charge in [-0.1, -0.05) is 24.3 Å². The lowest BCUT2D eigenvalue weighted by atomic mass is 9.97. The van der Waals surface area contributed by atoms with E-state index in [1.165, 1.54) is 12.8 Å². The number of nitrogens with zero attached hydrogens (tertiary/aromatic N) is 2. The van der Waals surface area contributed by atoms with E-state index in [1.54, 1.807) is 11.8 Å². The van der Waals surface area contributed by atoms with Gasteiger partial charge >= 0.3 is 0 Å². The maximum Gasteiger partial charge on any atom is 0.170 e. The number of carbonyl (C=O) groups excluding carboxylic acids is 1. The predicted octanol–water partition coefficient (Wildman–Crippen LogP) is 4.37. The first-order chi connectivity index (χ1) is 14.7. The molecule has 0 unspecified atom stereocenters. The van der Waals surface area contributed by atoms with Gasteiger partial charge in [-0.3, -0.25) is 0 Å². The molecule has 0 saturated carbocycles. The molecule has 0 atom stereocenters. The second-order valence-electron chi connectivity index (χ2n) is 7.29. The number of para-hydroxylation sites is 1. The lowest BCUT2D eigenvalue weighted by molar-refractivity contribution is -0.107. The maximum absolute atomic E-state index is 10.6. The maximum atomic E-state index is 10.6. The van der Waals surface area contributed by atoms with Crippen molar-refractivity contribution in [2.24, 2.45) is 5.92 Å². The van der Waals surface area contributed by atoms with Crippen molar-refractivity contribution in [3.05, 3.63) is 54.9 Å². The fourth-order valence-electron chi connectivity index (χ4n) is 3.18. The number of rotatable bonds is 11. The van der Waals surface area contributed by atoms with Gasteiger partial charge in [0.1, 0.15) is 12.0 Å². The number of anilines is 1. The number of pyridine rings is 1. The molecule has 1 fully saturated rings. The smallest absolute Gasteiger partial charge is 0.170 e. The van der Waals surface area contributed by atoms with Crippen LogP contribution >= 0.6 is 11.8 Å². The van der Waals surface area contributed by atoms with Crippen LogP contribution in [-0.4, -0.2) is 48.7 Å². The number of aldehydes is 1. The Bertz CT molecular complexity index is 808. The van der Waals surface area contributed by atoms with E-state index in [9.17, 15) is 4.79 Å². The van der Waals surface area contributed by atoms with Crippen LogP contribution in [-0.2, 0) is 4.79 Å². The van der Waals surface area contributed by atoms with E-state index in [4.69, 9.17) is 4.74 Å². The minimum atomic E-state index is 0.521. The molecule has 0 amide bonds. The minimum absolute atomic E-state index is 0.521. The second kappa shape index (κ2) is 12.2. The third-order valence-electron chi connectivity index (χ3n) is 4.91. The fraction of sp³-hybridized carbons (Fsp3) is 0.391. The Morgan fingerprint density at radius 1 is 1.27 bits per heavy atom. The van der Waals surface area contributed by atoms with Crippen LogP contribution in [0.2, 0.25) is 0 Å². The highest BCUT2D eigenvalue weighted by atomic mass is 32.2. The number of piperidine rings is 1. The highest BCUT2D eigenvalue weighted by Gasteiger charge is 2.13. The van der Waals surface area contributed by atoms with Gasteiger partial charge < -0.3 is 25.1 Å². The van der Waals surface area contributed by atoms with E-state index >= 15 is 0 Å². The summed E-state index contributed by atoms with van der Waals surface area (Å²) in [7, 11) is 2.18. The molecule has 7 heteroatoms. The van der Waals surface area contributed by atoms with Crippen LogP contribution in [0.3, 0.4) is 0 Å². The molecule has 1 aromatic heterocycles. The molecule has 2 aromatic rings. The van der Waals surface area contributed by atoms with Gasteiger partial charge in [0.15, 0.2) is 11.6 Å². The molecule has 160 valence electrons. The van der Waals surface area contributed by atoms with E-state index in [2.05, 4.69) is 33.6 Å².